The van der Waals surface area contributed by atoms with Crippen LogP contribution in [0.3, 0.4) is 0 Å². The molecule has 4 rings (SSSR count). The molecule has 29 heavy (non-hydrogen) atoms. The van der Waals surface area contributed by atoms with E-state index in [-0.39, 0.29) is 9.92 Å². The summed E-state index contributed by atoms with van der Waals surface area (Å²) in [6.45, 7) is 2.48. The smallest absolute Gasteiger partial charge is 0.243 e. The predicted octanol–water partition coefficient (Wildman–Crippen LogP) is 4.15. The van der Waals surface area contributed by atoms with Crippen molar-refractivity contribution >= 4 is 33.2 Å². The van der Waals surface area contributed by atoms with E-state index in [9.17, 15) is 8.42 Å². The third-order valence-corrected chi connectivity index (χ3v) is 7.46. The van der Waals surface area contributed by atoms with Crippen molar-refractivity contribution < 1.29 is 12.8 Å². The fourth-order valence-corrected chi connectivity index (χ4v) is 5.04. The summed E-state index contributed by atoms with van der Waals surface area (Å²) in [6.07, 6.45) is 1.72. The Labute approximate surface area is 179 Å². The van der Waals surface area contributed by atoms with Crippen LogP contribution in [0.4, 0.5) is 0 Å². The lowest BCUT2D eigenvalue weighted by Crippen LogP contribution is -2.48. The first-order valence-electron chi connectivity index (χ1n) is 9.11. The van der Waals surface area contributed by atoms with E-state index in [1.165, 1.54) is 22.5 Å². The molecule has 1 fully saturated rings. The standard InChI is InChI=1S/C20H19Cl2N3O3S/c21-17-7-6-16(12-18(17)22)29(26,27)25-10-8-24(9-11-25)14-20-23-13-19(28-20)15-4-2-1-3-5-15/h1-7,12-13H,8-11,14H2. The molecule has 1 aliphatic heterocycles. The highest BCUT2D eigenvalue weighted by molar-refractivity contribution is 7.89. The summed E-state index contributed by atoms with van der Waals surface area (Å²) in [5, 5.41) is 0.556. The van der Waals surface area contributed by atoms with Gasteiger partial charge in [-0.25, -0.2) is 13.4 Å². The number of benzene rings is 2. The maximum atomic E-state index is 12.9. The first kappa shape index (κ1) is 20.4. The fourth-order valence-electron chi connectivity index (χ4n) is 3.22. The van der Waals surface area contributed by atoms with E-state index >= 15 is 0 Å². The summed E-state index contributed by atoms with van der Waals surface area (Å²) in [4.78, 5) is 6.63. The molecule has 0 N–H and O–H groups in total. The Morgan fingerprint density at radius 3 is 2.38 bits per heavy atom. The van der Waals surface area contributed by atoms with Crippen molar-refractivity contribution in [1.29, 1.82) is 0 Å². The van der Waals surface area contributed by atoms with E-state index in [1.807, 2.05) is 30.3 Å². The van der Waals surface area contributed by atoms with Crippen molar-refractivity contribution in [1.82, 2.24) is 14.2 Å². The molecule has 2 heterocycles. The number of nitrogens with zero attached hydrogens (tertiary/aromatic N) is 3. The Hall–Kier alpha value is -1.90. The highest BCUT2D eigenvalue weighted by atomic mass is 35.5. The van der Waals surface area contributed by atoms with E-state index in [2.05, 4.69) is 9.88 Å². The molecule has 1 aromatic heterocycles. The van der Waals surface area contributed by atoms with Crippen LogP contribution in [0.25, 0.3) is 11.3 Å². The minimum Gasteiger partial charge on any atom is -0.439 e. The summed E-state index contributed by atoms with van der Waals surface area (Å²) < 4.78 is 33.0. The maximum Gasteiger partial charge on any atom is 0.243 e. The van der Waals surface area contributed by atoms with Gasteiger partial charge in [0.25, 0.3) is 0 Å². The summed E-state index contributed by atoms with van der Waals surface area (Å²) in [5.74, 6) is 1.34. The van der Waals surface area contributed by atoms with Crippen LogP contribution in [0.1, 0.15) is 5.89 Å². The van der Waals surface area contributed by atoms with Gasteiger partial charge in [-0.3, -0.25) is 4.90 Å². The van der Waals surface area contributed by atoms with Gasteiger partial charge in [-0.05, 0) is 18.2 Å². The van der Waals surface area contributed by atoms with Gasteiger partial charge < -0.3 is 4.42 Å². The van der Waals surface area contributed by atoms with E-state index in [0.29, 0.717) is 43.6 Å². The highest BCUT2D eigenvalue weighted by Gasteiger charge is 2.29. The van der Waals surface area contributed by atoms with Gasteiger partial charge in [0.2, 0.25) is 15.9 Å². The molecule has 152 valence electrons. The van der Waals surface area contributed by atoms with Gasteiger partial charge in [0.1, 0.15) is 0 Å². The number of hydrogen-bond donors (Lipinski definition) is 0. The van der Waals surface area contributed by atoms with Gasteiger partial charge in [0.05, 0.1) is 27.7 Å². The van der Waals surface area contributed by atoms with Crippen molar-refractivity contribution in [2.45, 2.75) is 11.4 Å². The van der Waals surface area contributed by atoms with Gasteiger partial charge in [-0.2, -0.15) is 4.31 Å². The molecular formula is C20H19Cl2N3O3S. The molecule has 0 spiro atoms. The van der Waals surface area contributed by atoms with Gasteiger partial charge in [-0.1, -0.05) is 53.5 Å². The summed E-state index contributed by atoms with van der Waals surface area (Å²) in [6, 6.07) is 14.2. The van der Waals surface area contributed by atoms with Gasteiger partial charge in [0, 0.05) is 31.7 Å². The van der Waals surface area contributed by atoms with Crippen LogP contribution in [0, 0.1) is 0 Å². The molecule has 0 bridgehead atoms. The quantitative estimate of drug-likeness (QED) is 0.582. The lowest BCUT2D eigenvalue weighted by Gasteiger charge is -2.33. The number of halogens is 2. The first-order chi connectivity index (χ1) is 13.9. The van der Waals surface area contributed by atoms with Gasteiger partial charge >= 0.3 is 0 Å². The zero-order chi connectivity index (χ0) is 20.4. The van der Waals surface area contributed by atoms with Crippen LogP contribution < -0.4 is 0 Å². The van der Waals surface area contributed by atoms with E-state index < -0.39 is 10.0 Å². The molecule has 0 radical (unpaired) electrons. The van der Waals surface area contributed by atoms with Crippen molar-refractivity contribution in [2.75, 3.05) is 26.2 Å². The predicted molar refractivity (Wildman–Crippen MR) is 112 cm³/mol. The molecule has 0 saturated carbocycles. The minimum absolute atomic E-state index is 0.153. The molecule has 0 aliphatic carbocycles. The third-order valence-electron chi connectivity index (χ3n) is 4.83. The topological polar surface area (TPSA) is 66.7 Å². The number of aromatic nitrogens is 1. The molecule has 0 unspecified atom stereocenters. The van der Waals surface area contributed by atoms with Crippen LogP contribution >= 0.6 is 23.2 Å². The van der Waals surface area contributed by atoms with Crippen molar-refractivity contribution in [3.63, 3.8) is 0 Å². The molecular weight excluding hydrogens is 433 g/mol. The Morgan fingerprint density at radius 2 is 1.69 bits per heavy atom. The third kappa shape index (κ3) is 4.49. The number of sulfonamides is 1. The average Bonchev–Trinajstić information content (AvgIpc) is 3.19. The summed E-state index contributed by atoms with van der Waals surface area (Å²) >= 11 is 11.9. The molecule has 9 heteroatoms. The van der Waals surface area contributed by atoms with Crippen LogP contribution in [0.5, 0.6) is 0 Å². The molecule has 6 nitrogen and oxygen atoms in total. The Balaban J connectivity index is 1.38. The maximum absolute atomic E-state index is 12.9. The largest absolute Gasteiger partial charge is 0.439 e. The van der Waals surface area contributed by atoms with Crippen LogP contribution in [-0.2, 0) is 16.6 Å². The monoisotopic (exact) mass is 451 g/mol. The molecule has 0 atom stereocenters. The van der Waals surface area contributed by atoms with Gasteiger partial charge in [-0.15, -0.1) is 0 Å². The van der Waals surface area contributed by atoms with Crippen molar-refractivity contribution in [2.24, 2.45) is 0 Å². The Bertz CT molecular complexity index is 1100. The van der Waals surface area contributed by atoms with E-state index in [1.54, 1.807) is 6.20 Å². The Morgan fingerprint density at radius 1 is 0.966 bits per heavy atom. The van der Waals surface area contributed by atoms with E-state index in [4.69, 9.17) is 27.6 Å². The second kappa shape index (κ2) is 8.45. The summed E-state index contributed by atoms with van der Waals surface area (Å²) in [7, 11) is -3.60. The van der Waals surface area contributed by atoms with Crippen LogP contribution in [0.2, 0.25) is 10.0 Å². The molecule has 0 amide bonds. The van der Waals surface area contributed by atoms with Crippen LogP contribution in [-0.4, -0.2) is 48.8 Å². The lowest BCUT2D eigenvalue weighted by molar-refractivity contribution is 0.168. The minimum atomic E-state index is -3.60. The van der Waals surface area contributed by atoms with E-state index in [0.717, 1.165) is 11.3 Å². The summed E-state index contributed by atoms with van der Waals surface area (Å²) in [5.41, 5.74) is 0.976. The molecule has 3 aromatic rings. The van der Waals surface area contributed by atoms with Gasteiger partial charge in [0.15, 0.2) is 5.76 Å². The molecule has 2 aromatic carbocycles. The lowest BCUT2D eigenvalue weighted by atomic mass is 10.2. The number of oxazole rings is 1. The zero-order valence-electron chi connectivity index (χ0n) is 15.5. The zero-order valence-corrected chi connectivity index (χ0v) is 17.8. The average molecular weight is 452 g/mol. The fraction of sp³-hybridized carbons (Fsp3) is 0.250. The Kier molecular flexibility index (Phi) is 5.94. The molecule has 1 aliphatic rings. The SMILES string of the molecule is O=S(=O)(c1ccc(Cl)c(Cl)c1)N1CCN(Cc2ncc(-c3ccccc3)o2)CC1. The number of piperazine rings is 1. The second-order valence-corrected chi connectivity index (χ2v) is 9.49. The number of rotatable bonds is 5. The van der Waals surface area contributed by atoms with Crippen molar-refractivity contribution in [3.05, 3.63) is 70.7 Å². The van der Waals surface area contributed by atoms with Crippen LogP contribution in [0.15, 0.2) is 64.0 Å². The molecule has 1 saturated heterocycles. The first-order valence-corrected chi connectivity index (χ1v) is 11.3. The normalized spacial score (nSPS) is 16.2. The van der Waals surface area contributed by atoms with Crippen molar-refractivity contribution in [3.8, 4) is 11.3 Å². The number of hydrogen-bond acceptors (Lipinski definition) is 5. The second-order valence-electron chi connectivity index (χ2n) is 6.74. The highest BCUT2D eigenvalue weighted by Crippen LogP contribution is 2.27.